The molecule has 34 heavy (non-hydrogen) atoms. The van der Waals surface area contributed by atoms with E-state index in [1.54, 1.807) is 11.1 Å². The van der Waals surface area contributed by atoms with E-state index in [0.29, 0.717) is 0 Å². The number of unbranched alkanes of at least 4 members (excludes halogenated alkanes) is 14. The van der Waals surface area contributed by atoms with Gasteiger partial charge in [-0.15, -0.1) is 0 Å². The molecule has 0 fully saturated rings. The fraction of sp³-hybridized carbons (Fsp3) is 0.647. The molecule has 188 valence electrons. The van der Waals surface area contributed by atoms with Gasteiger partial charge in [-0.25, -0.2) is 0 Å². The van der Waals surface area contributed by atoms with Crippen molar-refractivity contribution in [3.05, 3.63) is 59.2 Å². The van der Waals surface area contributed by atoms with E-state index < -0.39 is 0 Å². The summed E-state index contributed by atoms with van der Waals surface area (Å²) in [4.78, 5) is 0. The van der Waals surface area contributed by atoms with Gasteiger partial charge in [0.2, 0.25) is 0 Å². The second kappa shape index (κ2) is 14.8. The summed E-state index contributed by atoms with van der Waals surface area (Å²) in [6.45, 7) is 6.90. The molecule has 0 aliphatic heterocycles. The van der Waals surface area contributed by atoms with Crippen LogP contribution in [0.25, 0.3) is 11.1 Å². The first-order valence-corrected chi connectivity index (χ1v) is 14.9. The molecule has 0 amide bonds. The second-order valence-corrected chi connectivity index (χ2v) is 11.1. The molecule has 2 aromatic carbocycles. The van der Waals surface area contributed by atoms with Gasteiger partial charge in [0.25, 0.3) is 0 Å². The maximum absolute atomic E-state index is 2.53. The lowest BCUT2D eigenvalue weighted by Gasteiger charge is -2.33. The third kappa shape index (κ3) is 7.22. The largest absolute Gasteiger partial charge is 0.0654 e. The molecule has 0 unspecified atom stereocenters. The van der Waals surface area contributed by atoms with Crippen LogP contribution in [0.3, 0.4) is 0 Å². The van der Waals surface area contributed by atoms with E-state index in [9.17, 15) is 0 Å². The van der Waals surface area contributed by atoms with Crippen molar-refractivity contribution in [2.75, 3.05) is 0 Å². The Bertz CT molecular complexity index is 810. The number of fused-ring (bicyclic) bond motifs is 3. The van der Waals surface area contributed by atoms with Gasteiger partial charge < -0.3 is 0 Å². The highest BCUT2D eigenvalue weighted by Gasteiger charge is 2.41. The smallest absolute Gasteiger partial charge is 0.0215 e. The molecular formula is C34H52. The predicted molar refractivity (Wildman–Crippen MR) is 152 cm³/mol. The summed E-state index contributed by atoms with van der Waals surface area (Å²) >= 11 is 0. The minimum Gasteiger partial charge on any atom is -0.0654 e. The highest BCUT2D eigenvalue weighted by molar-refractivity contribution is 5.81. The molecule has 0 heterocycles. The molecule has 0 atom stereocenters. The van der Waals surface area contributed by atoms with Crippen LogP contribution in [0.2, 0.25) is 0 Å². The van der Waals surface area contributed by atoms with Crippen molar-refractivity contribution in [2.24, 2.45) is 0 Å². The first-order valence-electron chi connectivity index (χ1n) is 14.9. The van der Waals surface area contributed by atoms with Crippen LogP contribution in [0.1, 0.15) is 146 Å². The third-order valence-corrected chi connectivity index (χ3v) is 8.34. The molecule has 0 saturated heterocycles. The number of rotatable bonds is 18. The van der Waals surface area contributed by atoms with E-state index in [1.165, 1.54) is 132 Å². The topological polar surface area (TPSA) is 0 Å². The van der Waals surface area contributed by atoms with Crippen molar-refractivity contribution in [1.82, 2.24) is 0 Å². The van der Waals surface area contributed by atoms with E-state index in [4.69, 9.17) is 0 Å². The van der Waals surface area contributed by atoms with E-state index in [0.717, 1.165) is 0 Å². The van der Waals surface area contributed by atoms with Crippen molar-refractivity contribution in [2.45, 2.75) is 142 Å². The molecule has 1 aliphatic rings. The maximum atomic E-state index is 2.53. The van der Waals surface area contributed by atoms with Crippen LogP contribution in [0.4, 0.5) is 0 Å². The predicted octanol–water partition coefficient (Wildman–Crippen LogP) is 11.3. The number of hydrogen-bond donors (Lipinski definition) is 0. The molecule has 0 heteroatoms. The molecule has 0 nitrogen and oxygen atoms in total. The van der Waals surface area contributed by atoms with Crippen LogP contribution in [-0.4, -0.2) is 0 Å². The van der Waals surface area contributed by atoms with Crippen LogP contribution in [0.5, 0.6) is 0 Å². The van der Waals surface area contributed by atoms with E-state index in [2.05, 4.69) is 63.2 Å². The Morgan fingerprint density at radius 1 is 0.500 bits per heavy atom. The van der Waals surface area contributed by atoms with Crippen LogP contribution in [0.15, 0.2) is 42.5 Å². The molecule has 1 aliphatic carbocycles. The SMILES string of the molecule is CCCCCCCCCCC1(CCCCCCCCCC)c2ccccc2-c2ccc(C)cc21. The molecule has 3 rings (SSSR count). The van der Waals surface area contributed by atoms with E-state index in [-0.39, 0.29) is 5.41 Å². The van der Waals surface area contributed by atoms with Gasteiger partial charge in [0, 0.05) is 5.41 Å². The lowest BCUT2D eigenvalue weighted by Crippen LogP contribution is -2.25. The lowest BCUT2D eigenvalue weighted by molar-refractivity contribution is 0.397. The summed E-state index contributed by atoms with van der Waals surface area (Å²) in [6.07, 6.45) is 25.1. The minimum absolute atomic E-state index is 0.238. The third-order valence-electron chi connectivity index (χ3n) is 8.34. The Morgan fingerprint density at radius 3 is 1.53 bits per heavy atom. The molecular weight excluding hydrogens is 408 g/mol. The molecule has 0 spiro atoms. The Kier molecular flexibility index (Phi) is 11.7. The zero-order chi connectivity index (χ0) is 24.1. The average Bonchev–Trinajstić information content (AvgIpc) is 3.12. The first kappa shape index (κ1) is 27.0. The Balaban J connectivity index is 1.66. The van der Waals surface area contributed by atoms with Crippen molar-refractivity contribution >= 4 is 0 Å². The summed E-state index contributed by atoms with van der Waals surface area (Å²) in [5, 5.41) is 0. The quantitative estimate of drug-likeness (QED) is 0.194. The van der Waals surface area contributed by atoms with Gasteiger partial charge in [0.05, 0.1) is 0 Å². The van der Waals surface area contributed by atoms with Crippen LogP contribution in [-0.2, 0) is 5.41 Å². The van der Waals surface area contributed by atoms with E-state index >= 15 is 0 Å². The van der Waals surface area contributed by atoms with Crippen LogP contribution >= 0.6 is 0 Å². The maximum Gasteiger partial charge on any atom is 0.0215 e. The Hall–Kier alpha value is -1.56. The van der Waals surface area contributed by atoms with Gasteiger partial charge >= 0.3 is 0 Å². The highest BCUT2D eigenvalue weighted by Crippen LogP contribution is 2.54. The van der Waals surface area contributed by atoms with Gasteiger partial charge in [0.15, 0.2) is 0 Å². The fourth-order valence-electron chi connectivity index (χ4n) is 6.35. The van der Waals surface area contributed by atoms with Gasteiger partial charge in [-0.1, -0.05) is 165 Å². The number of aryl methyl sites for hydroxylation is 1. The summed E-state index contributed by atoms with van der Waals surface area (Å²) in [7, 11) is 0. The van der Waals surface area contributed by atoms with Crippen molar-refractivity contribution in [3.63, 3.8) is 0 Å². The summed E-state index contributed by atoms with van der Waals surface area (Å²) in [6, 6.07) is 16.6. The molecule has 0 radical (unpaired) electrons. The van der Waals surface area contributed by atoms with Gasteiger partial charge in [-0.05, 0) is 42.0 Å². The normalized spacial score (nSPS) is 13.7. The molecule has 2 aromatic rings. The van der Waals surface area contributed by atoms with Crippen molar-refractivity contribution in [3.8, 4) is 11.1 Å². The van der Waals surface area contributed by atoms with Crippen molar-refractivity contribution < 1.29 is 0 Å². The summed E-state index contributed by atoms with van der Waals surface area (Å²) in [5.41, 5.74) is 7.95. The minimum atomic E-state index is 0.238. The van der Waals surface area contributed by atoms with Crippen LogP contribution < -0.4 is 0 Å². The lowest BCUT2D eigenvalue weighted by atomic mass is 9.70. The molecule has 0 bridgehead atoms. The van der Waals surface area contributed by atoms with Gasteiger partial charge in [-0.3, -0.25) is 0 Å². The number of benzene rings is 2. The molecule has 0 N–H and O–H groups in total. The zero-order valence-corrected chi connectivity index (χ0v) is 22.8. The second-order valence-electron chi connectivity index (χ2n) is 11.1. The fourth-order valence-corrected chi connectivity index (χ4v) is 6.35. The average molecular weight is 461 g/mol. The first-order chi connectivity index (χ1) is 16.7. The standard InChI is InChI=1S/C34H52/c1-4-6-8-10-12-14-16-20-26-34(27-21-17-15-13-11-9-7-5-2)32-23-19-18-22-30(32)31-25-24-29(3)28-33(31)34/h18-19,22-25,28H,4-17,20-21,26-27H2,1-3H3. The van der Waals surface area contributed by atoms with Crippen molar-refractivity contribution in [1.29, 1.82) is 0 Å². The monoisotopic (exact) mass is 460 g/mol. The zero-order valence-electron chi connectivity index (χ0n) is 22.8. The Morgan fingerprint density at radius 2 is 0.971 bits per heavy atom. The highest BCUT2D eigenvalue weighted by atomic mass is 14.4. The summed E-state index contributed by atoms with van der Waals surface area (Å²) < 4.78 is 0. The summed E-state index contributed by atoms with van der Waals surface area (Å²) in [5.74, 6) is 0. The van der Waals surface area contributed by atoms with E-state index in [1.807, 2.05) is 0 Å². The van der Waals surface area contributed by atoms with Gasteiger partial charge in [0.1, 0.15) is 0 Å². The molecule has 0 saturated carbocycles. The van der Waals surface area contributed by atoms with Crippen LogP contribution in [0, 0.1) is 6.92 Å². The number of hydrogen-bond acceptors (Lipinski definition) is 0. The Labute approximate surface area is 212 Å². The van der Waals surface area contributed by atoms with Gasteiger partial charge in [-0.2, -0.15) is 0 Å². The molecule has 0 aromatic heterocycles.